The molecule has 33 heavy (non-hydrogen) atoms. The van der Waals surface area contributed by atoms with Gasteiger partial charge in [-0.05, 0) is 54.4 Å². The molecule has 0 radical (unpaired) electrons. The van der Waals surface area contributed by atoms with Gasteiger partial charge in [-0.3, -0.25) is 10.1 Å². The lowest BCUT2D eigenvalue weighted by Crippen LogP contribution is -2.30. The summed E-state index contributed by atoms with van der Waals surface area (Å²) >= 11 is 7.51. The van der Waals surface area contributed by atoms with Crippen molar-refractivity contribution in [1.82, 2.24) is 9.29 Å². The van der Waals surface area contributed by atoms with Crippen LogP contribution >= 0.6 is 22.9 Å². The Balaban J connectivity index is 1.51. The van der Waals surface area contributed by atoms with Crippen LogP contribution in [-0.2, 0) is 16.6 Å². The third-order valence-electron chi connectivity index (χ3n) is 5.28. The summed E-state index contributed by atoms with van der Waals surface area (Å²) < 4.78 is 28.5. The number of benzene rings is 3. The van der Waals surface area contributed by atoms with Crippen molar-refractivity contribution in [3.8, 4) is 0 Å². The lowest BCUT2D eigenvalue weighted by atomic mass is 10.2. The van der Waals surface area contributed by atoms with Crippen LogP contribution in [-0.4, -0.2) is 30.2 Å². The van der Waals surface area contributed by atoms with Gasteiger partial charge < -0.3 is 0 Å². The largest absolute Gasteiger partial charge is 0.298 e. The molecule has 0 spiro atoms. The summed E-state index contributed by atoms with van der Waals surface area (Å²) in [6.45, 7) is 4.30. The zero-order valence-electron chi connectivity index (χ0n) is 18.1. The van der Waals surface area contributed by atoms with Crippen LogP contribution in [0, 0.1) is 6.92 Å². The Morgan fingerprint density at radius 3 is 2.42 bits per heavy atom. The van der Waals surface area contributed by atoms with E-state index in [1.165, 1.54) is 39.9 Å². The second-order valence-electron chi connectivity index (χ2n) is 7.43. The van der Waals surface area contributed by atoms with Gasteiger partial charge in [0.05, 0.1) is 15.1 Å². The van der Waals surface area contributed by atoms with Crippen molar-refractivity contribution in [2.24, 2.45) is 0 Å². The first-order valence-electron chi connectivity index (χ1n) is 10.3. The number of halogens is 1. The van der Waals surface area contributed by atoms with E-state index in [2.05, 4.69) is 10.3 Å². The van der Waals surface area contributed by atoms with E-state index in [1.54, 1.807) is 13.0 Å². The normalized spacial score (nSPS) is 11.8. The molecule has 0 fully saturated rings. The minimum Gasteiger partial charge on any atom is -0.298 e. The smallest absolute Gasteiger partial charge is 0.257 e. The monoisotopic (exact) mass is 499 g/mol. The van der Waals surface area contributed by atoms with Gasteiger partial charge in [0.15, 0.2) is 5.13 Å². The number of carbonyl (C=O) groups is 1. The van der Waals surface area contributed by atoms with Gasteiger partial charge in [-0.2, -0.15) is 4.31 Å². The van der Waals surface area contributed by atoms with Crippen molar-refractivity contribution in [2.75, 3.05) is 11.9 Å². The number of aromatic nitrogens is 1. The van der Waals surface area contributed by atoms with Crippen LogP contribution in [0.15, 0.2) is 71.6 Å². The highest BCUT2D eigenvalue weighted by atomic mass is 35.5. The number of carbonyl (C=O) groups excluding carboxylic acids is 1. The van der Waals surface area contributed by atoms with Crippen LogP contribution in [0.2, 0.25) is 5.02 Å². The average molecular weight is 500 g/mol. The van der Waals surface area contributed by atoms with Crippen molar-refractivity contribution >= 4 is 54.2 Å². The summed E-state index contributed by atoms with van der Waals surface area (Å²) in [4.78, 5) is 17.3. The minimum atomic E-state index is -3.70. The molecule has 1 amide bonds. The Bertz CT molecular complexity index is 1400. The number of anilines is 1. The summed E-state index contributed by atoms with van der Waals surface area (Å²) in [5, 5.41) is 3.86. The molecule has 0 aliphatic carbocycles. The number of hydrogen-bond acceptors (Lipinski definition) is 5. The Morgan fingerprint density at radius 2 is 1.76 bits per heavy atom. The van der Waals surface area contributed by atoms with Gasteiger partial charge in [0.2, 0.25) is 10.0 Å². The molecule has 9 heteroatoms. The average Bonchev–Trinajstić information content (AvgIpc) is 3.24. The van der Waals surface area contributed by atoms with Crippen molar-refractivity contribution in [1.29, 1.82) is 0 Å². The van der Waals surface area contributed by atoms with Crippen molar-refractivity contribution in [3.05, 3.63) is 88.4 Å². The number of nitrogens with one attached hydrogen (secondary N) is 1. The molecule has 0 aliphatic heterocycles. The summed E-state index contributed by atoms with van der Waals surface area (Å²) in [5.74, 6) is -0.363. The van der Waals surface area contributed by atoms with Gasteiger partial charge in [-0.15, -0.1) is 0 Å². The lowest BCUT2D eigenvalue weighted by molar-refractivity contribution is 0.102. The highest BCUT2D eigenvalue weighted by molar-refractivity contribution is 7.89. The predicted octanol–water partition coefficient (Wildman–Crippen LogP) is 5.72. The Morgan fingerprint density at radius 1 is 1.06 bits per heavy atom. The van der Waals surface area contributed by atoms with E-state index in [1.807, 2.05) is 43.3 Å². The molecule has 170 valence electrons. The molecule has 3 aromatic carbocycles. The number of sulfonamides is 1. The van der Waals surface area contributed by atoms with Gasteiger partial charge in [-0.1, -0.05) is 60.2 Å². The maximum atomic E-state index is 13.1. The van der Waals surface area contributed by atoms with E-state index in [0.29, 0.717) is 22.3 Å². The van der Waals surface area contributed by atoms with Crippen LogP contribution in [0.3, 0.4) is 0 Å². The summed E-state index contributed by atoms with van der Waals surface area (Å²) in [6.07, 6.45) is 0. The number of amides is 1. The molecule has 4 aromatic rings. The molecule has 0 atom stereocenters. The molecule has 0 saturated carbocycles. The zero-order chi connectivity index (χ0) is 23.6. The fourth-order valence-corrected chi connectivity index (χ4v) is 5.91. The van der Waals surface area contributed by atoms with Crippen molar-refractivity contribution < 1.29 is 13.2 Å². The third-order valence-corrected chi connectivity index (χ3v) is 8.56. The Kier molecular flexibility index (Phi) is 6.81. The highest BCUT2D eigenvalue weighted by Crippen LogP contribution is 2.32. The minimum absolute atomic E-state index is 0.141. The van der Waals surface area contributed by atoms with Crippen LogP contribution < -0.4 is 5.32 Å². The second kappa shape index (κ2) is 9.61. The first-order chi connectivity index (χ1) is 15.8. The molecule has 0 aliphatic rings. The summed E-state index contributed by atoms with van der Waals surface area (Å²) in [7, 11) is -3.70. The zero-order valence-corrected chi connectivity index (χ0v) is 20.5. The van der Waals surface area contributed by atoms with Gasteiger partial charge in [0, 0.05) is 23.7 Å². The second-order valence-corrected chi connectivity index (χ2v) is 10.8. The van der Waals surface area contributed by atoms with E-state index < -0.39 is 10.0 Å². The van der Waals surface area contributed by atoms with Crippen LogP contribution in [0.5, 0.6) is 0 Å². The number of aryl methyl sites for hydroxylation is 1. The molecule has 4 rings (SSSR count). The fraction of sp³-hybridized carbons (Fsp3) is 0.167. The molecule has 1 heterocycles. The molecule has 0 saturated heterocycles. The number of nitrogens with zero attached hydrogens (tertiary/aromatic N) is 2. The van der Waals surface area contributed by atoms with E-state index in [4.69, 9.17) is 11.6 Å². The molecule has 0 bridgehead atoms. The highest BCUT2D eigenvalue weighted by Gasteiger charge is 2.23. The Labute approximate surface area is 201 Å². The van der Waals surface area contributed by atoms with Crippen LogP contribution in [0.25, 0.3) is 10.2 Å². The number of hydrogen-bond donors (Lipinski definition) is 1. The van der Waals surface area contributed by atoms with Crippen LogP contribution in [0.4, 0.5) is 5.13 Å². The maximum absolute atomic E-state index is 13.1. The van der Waals surface area contributed by atoms with Crippen molar-refractivity contribution in [3.63, 3.8) is 0 Å². The number of fused-ring (bicyclic) bond motifs is 1. The van der Waals surface area contributed by atoms with Gasteiger partial charge in [-0.25, -0.2) is 13.4 Å². The summed E-state index contributed by atoms with van der Waals surface area (Å²) in [6, 6.07) is 19.0. The SMILES string of the molecule is CCN(Cc1ccccc1)S(=O)(=O)c1ccc(C(=O)Nc2nc3c(C)c(Cl)ccc3s2)cc1. The topological polar surface area (TPSA) is 79.4 Å². The quantitative estimate of drug-likeness (QED) is 0.352. The molecular weight excluding hydrogens is 478 g/mol. The van der Waals surface area contributed by atoms with Gasteiger partial charge >= 0.3 is 0 Å². The van der Waals surface area contributed by atoms with E-state index in [9.17, 15) is 13.2 Å². The summed E-state index contributed by atoms with van der Waals surface area (Å²) in [5.41, 5.74) is 2.86. The molecule has 6 nitrogen and oxygen atoms in total. The number of thiazole rings is 1. The number of rotatable bonds is 7. The Hall–Kier alpha value is -2.78. The molecule has 1 N–H and O–H groups in total. The first-order valence-corrected chi connectivity index (χ1v) is 12.9. The van der Waals surface area contributed by atoms with Crippen LogP contribution in [0.1, 0.15) is 28.4 Å². The van der Waals surface area contributed by atoms with Gasteiger partial charge in [0.25, 0.3) is 5.91 Å². The molecule has 1 aromatic heterocycles. The molecular formula is C24H22ClN3O3S2. The molecule has 0 unspecified atom stereocenters. The van der Waals surface area contributed by atoms with E-state index in [0.717, 1.165) is 21.3 Å². The lowest BCUT2D eigenvalue weighted by Gasteiger charge is -2.20. The fourth-order valence-electron chi connectivity index (χ4n) is 3.40. The van der Waals surface area contributed by atoms with E-state index in [-0.39, 0.29) is 17.3 Å². The predicted molar refractivity (Wildman–Crippen MR) is 133 cm³/mol. The van der Waals surface area contributed by atoms with E-state index >= 15 is 0 Å². The standard InChI is InChI=1S/C24H22ClN3O3S2/c1-3-28(15-17-7-5-4-6-8-17)33(30,31)19-11-9-18(10-12-19)23(29)27-24-26-22-16(2)20(25)13-14-21(22)32-24/h4-14H,3,15H2,1-2H3,(H,26,27,29). The van der Waals surface area contributed by atoms with Crippen molar-refractivity contribution in [2.45, 2.75) is 25.3 Å². The maximum Gasteiger partial charge on any atom is 0.257 e. The first kappa shape index (κ1) is 23.4. The third kappa shape index (κ3) is 4.94. The van der Waals surface area contributed by atoms with Gasteiger partial charge in [0.1, 0.15) is 0 Å².